The molecule has 2 aliphatic heterocycles. The highest BCUT2D eigenvalue weighted by Gasteiger charge is 2.35. The number of hydrogen-bond donors (Lipinski definition) is 1. The molecule has 1 fully saturated rings. The van der Waals surface area contributed by atoms with E-state index >= 15 is 4.39 Å². The fraction of sp³-hybridized carbons (Fsp3) is 0.333. The summed E-state index contributed by atoms with van der Waals surface area (Å²) in [4.78, 5) is 22.8. The van der Waals surface area contributed by atoms with Gasteiger partial charge in [-0.3, -0.25) is 4.79 Å². The minimum Gasteiger partial charge on any atom is -0.383 e. The Kier molecular flexibility index (Phi) is 6.40. The second kappa shape index (κ2) is 9.81. The third-order valence-electron chi connectivity index (χ3n) is 7.40. The molecular weight excluding hydrogens is 535 g/mol. The molecule has 0 radical (unpaired) electrons. The van der Waals surface area contributed by atoms with Gasteiger partial charge < -0.3 is 15.4 Å². The predicted molar refractivity (Wildman–Crippen MR) is 135 cm³/mol. The van der Waals surface area contributed by atoms with Gasteiger partial charge in [-0.2, -0.15) is 18.3 Å². The first kappa shape index (κ1) is 26.1. The van der Waals surface area contributed by atoms with Gasteiger partial charge in [-0.15, -0.1) is 0 Å². The molecule has 0 atom stereocenters. The number of nitrogen functional groups attached to an aromatic ring is 1. The number of nitrogens with two attached hydrogens (primary N) is 1. The molecule has 1 amide bonds. The molecule has 0 saturated carbocycles. The van der Waals surface area contributed by atoms with E-state index in [-0.39, 0.29) is 47.2 Å². The summed E-state index contributed by atoms with van der Waals surface area (Å²) in [7, 11) is 0. The number of anilines is 2. The first-order chi connectivity index (χ1) is 19.1. The zero-order chi connectivity index (χ0) is 28.2. The first-order valence-corrected chi connectivity index (χ1v) is 12.7. The van der Waals surface area contributed by atoms with E-state index in [4.69, 9.17) is 15.6 Å². The third-order valence-corrected chi connectivity index (χ3v) is 7.40. The third kappa shape index (κ3) is 4.43. The molecule has 0 spiro atoms. The van der Waals surface area contributed by atoms with Crippen LogP contribution in [-0.2, 0) is 28.5 Å². The minimum atomic E-state index is -4.89. The number of carbonyl (C=O) groups excluding carboxylic acids is 1. The van der Waals surface area contributed by atoms with Crippen LogP contribution in [0.3, 0.4) is 0 Å². The second-order valence-electron chi connectivity index (χ2n) is 9.80. The molecule has 2 aliphatic rings. The van der Waals surface area contributed by atoms with Gasteiger partial charge in [0.25, 0.3) is 0 Å². The van der Waals surface area contributed by atoms with Crippen molar-refractivity contribution in [3.8, 4) is 11.3 Å². The van der Waals surface area contributed by atoms with Gasteiger partial charge in [0.05, 0.1) is 23.4 Å². The molecule has 208 valence electrons. The summed E-state index contributed by atoms with van der Waals surface area (Å²) in [5.41, 5.74) is 6.31. The standard InChI is InChI=1S/C27H23F5N6O2/c28-19-3-1-14(11-18(19)27(30,31)32)12-21(39)37-8-5-16-20(37)4-2-17(23(16)29)24-22-25(33)34-13-35-26(22)38(36-24)15-6-9-40-10-7-15/h1-4,11,13,15H,5-10,12H2,(H2,33,34,35). The van der Waals surface area contributed by atoms with Crippen LogP contribution in [0.4, 0.5) is 33.5 Å². The molecule has 2 aromatic carbocycles. The molecule has 2 aromatic heterocycles. The van der Waals surface area contributed by atoms with E-state index in [1.54, 1.807) is 10.7 Å². The van der Waals surface area contributed by atoms with E-state index in [1.165, 1.54) is 17.3 Å². The van der Waals surface area contributed by atoms with E-state index in [2.05, 4.69) is 9.97 Å². The number of hydrogen-bond acceptors (Lipinski definition) is 6. The monoisotopic (exact) mass is 558 g/mol. The number of fused-ring (bicyclic) bond motifs is 2. The quantitative estimate of drug-likeness (QED) is 0.360. The van der Waals surface area contributed by atoms with Crippen LogP contribution in [0.1, 0.15) is 35.6 Å². The van der Waals surface area contributed by atoms with E-state index < -0.39 is 35.7 Å². The van der Waals surface area contributed by atoms with Crippen LogP contribution >= 0.6 is 0 Å². The average Bonchev–Trinajstić information content (AvgIpc) is 3.53. The SMILES string of the molecule is Nc1ncnc2c1c(-c1ccc3c(c1F)CCN3C(=O)Cc1ccc(F)c(C(F)(F)F)c1)nn2C1CCOCC1. The lowest BCUT2D eigenvalue weighted by atomic mass is 10.0. The maximum atomic E-state index is 16.0. The van der Waals surface area contributed by atoms with Crippen molar-refractivity contribution in [2.45, 2.75) is 37.9 Å². The number of nitrogens with zero attached hydrogens (tertiary/aromatic N) is 5. The van der Waals surface area contributed by atoms with Crippen molar-refractivity contribution in [1.29, 1.82) is 0 Å². The second-order valence-corrected chi connectivity index (χ2v) is 9.80. The first-order valence-electron chi connectivity index (χ1n) is 12.7. The zero-order valence-corrected chi connectivity index (χ0v) is 21.0. The summed E-state index contributed by atoms with van der Waals surface area (Å²) >= 11 is 0. The molecule has 2 N–H and O–H groups in total. The van der Waals surface area contributed by atoms with Gasteiger partial charge in [-0.1, -0.05) is 6.07 Å². The van der Waals surface area contributed by atoms with Crippen LogP contribution in [0.25, 0.3) is 22.3 Å². The Bertz CT molecular complexity index is 1630. The molecule has 1 saturated heterocycles. The number of alkyl halides is 3. The maximum absolute atomic E-state index is 16.0. The number of amides is 1. The summed E-state index contributed by atoms with van der Waals surface area (Å²) in [6.45, 7) is 1.27. The molecule has 13 heteroatoms. The summed E-state index contributed by atoms with van der Waals surface area (Å²) in [6, 6.07) is 5.53. The Morgan fingerprint density at radius 3 is 2.62 bits per heavy atom. The van der Waals surface area contributed by atoms with E-state index in [9.17, 15) is 22.4 Å². The van der Waals surface area contributed by atoms with Crippen molar-refractivity contribution >= 4 is 28.4 Å². The Morgan fingerprint density at radius 1 is 1.10 bits per heavy atom. The average molecular weight is 559 g/mol. The predicted octanol–water partition coefficient (Wildman–Crippen LogP) is 4.86. The van der Waals surface area contributed by atoms with E-state index in [0.717, 1.165) is 6.07 Å². The Labute approximate surface area is 224 Å². The number of benzene rings is 2. The van der Waals surface area contributed by atoms with Gasteiger partial charge in [-0.05, 0) is 49.1 Å². The Hall–Kier alpha value is -4.13. The van der Waals surface area contributed by atoms with Gasteiger partial charge in [0.2, 0.25) is 5.91 Å². The lowest BCUT2D eigenvalue weighted by Gasteiger charge is -2.22. The molecule has 4 heterocycles. The van der Waals surface area contributed by atoms with Crippen LogP contribution in [0.15, 0.2) is 36.7 Å². The van der Waals surface area contributed by atoms with Gasteiger partial charge in [0, 0.05) is 36.6 Å². The maximum Gasteiger partial charge on any atom is 0.419 e. The molecule has 0 unspecified atom stereocenters. The summed E-state index contributed by atoms with van der Waals surface area (Å²) in [5, 5.41) is 5.14. The number of carbonyl (C=O) groups is 1. The number of halogens is 5. The van der Waals surface area contributed by atoms with Gasteiger partial charge >= 0.3 is 6.18 Å². The minimum absolute atomic E-state index is 0.00450. The van der Waals surface area contributed by atoms with Crippen LogP contribution in [0.5, 0.6) is 0 Å². The van der Waals surface area contributed by atoms with Crippen LogP contribution in [-0.4, -0.2) is 45.4 Å². The molecular formula is C27H23F5N6O2. The lowest BCUT2D eigenvalue weighted by molar-refractivity contribution is -0.140. The van der Waals surface area contributed by atoms with Gasteiger partial charge in [0.1, 0.15) is 29.5 Å². The molecule has 8 nitrogen and oxygen atoms in total. The Balaban J connectivity index is 1.33. The largest absolute Gasteiger partial charge is 0.419 e. The highest BCUT2D eigenvalue weighted by atomic mass is 19.4. The highest BCUT2D eigenvalue weighted by Crippen LogP contribution is 2.40. The van der Waals surface area contributed by atoms with Crippen LogP contribution < -0.4 is 10.6 Å². The summed E-state index contributed by atoms with van der Waals surface area (Å²) < 4.78 is 76.2. The highest BCUT2D eigenvalue weighted by molar-refractivity contribution is 6.00. The van der Waals surface area contributed by atoms with Crippen molar-refractivity contribution in [2.75, 3.05) is 30.4 Å². The molecule has 0 bridgehead atoms. The Morgan fingerprint density at radius 2 is 1.88 bits per heavy atom. The van der Waals surface area contributed by atoms with E-state index in [1.807, 2.05) is 0 Å². The van der Waals surface area contributed by atoms with Crippen molar-refractivity contribution in [3.63, 3.8) is 0 Å². The number of aromatic nitrogens is 4. The summed E-state index contributed by atoms with van der Waals surface area (Å²) in [6.07, 6.45) is -2.34. The van der Waals surface area contributed by atoms with Crippen molar-refractivity contribution in [3.05, 3.63) is 65.0 Å². The fourth-order valence-electron chi connectivity index (χ4n) is 5.43. The summed E-state index contributed by atoms with van der Waals surface area (Å²) in [5.74, 6) is -2.36. The number of ether oxygens (including phenoxy) is 1. The topological polar surface area (TPSA) is 99.2 Å². The lowest BCUT2D eigenvalue weighted by Crippen LogP contribution is -2.30. The van der Waals surface area contributed by atoms with Crippen LogP contribution in [0, 0.1) is 11.6 Å². The molecule has 4 aromatic rings. The van der Waals surface area contributed by atoms with Gasteiger partial charge in [-0.25, -0.2) is 23.4 Å². The number of rotatable bonds is 4. The fourth-order valence-corrected chi connectivity index (χ4v) is 5.43. The van der Waals surface area contributed by atoms with Gasteiger partial charge in [0.15, 0.2) is 5.65 Å². The molecule has 40 heavy (non-hydrogen) atoms. The normalized spacial score (nSPS) is 16.1. The molecule has 0 aliphatic carbocycles. The smallest absolute Gasteiger partial charge is 0.383 e. The van der Waals surface area contributed by atoms with E-state index in [0.29, 0.717) is 54.9 Å². The van der Waals surface area contributed by atoms with Crippen LogP contribution in [0.2, 0.25) is 0 Å². The zero-order valence-electron chi connectivity index (χ0n) is 21.0. The van der Waals surface area contributed by atoms with Crippen molar-refractivity contribution in [1.82, 2.24) is 19.7 Å². The van der Waals surface area contributed by atoms with Crippen molar-refractivity contribution < 1.29 is 31.5 Å². The molecule has 6 rings (SSSR count). The van der Waals surface area contributed by atoms with Crippen molar-refractivity contribution in [2.24, 2.45) is 0 Å².